The summed E-state index contributed by atoms with van der Waals surface area (Å²) in [6.45, 7) is 4.46. The molecule has 2 unspecified atom stereocenters. The van der Waals surface area contributed by atoms with Crippen molar-refractivity contribution in [1.29, 1.82) is 0 Å². The lowest BCUT2D eigenvalue weighted by atomic mass is 10.0. The van der Waals surface area contributed by atoms with Gasteiger partial charge in [0.15, 0.2) is 0 Å². The Bertz CT molecular complexity index is 242. The van der Waals surface area contributed by atoms with Gasteiger partial charge in [0.05, 0.1) is 0 Å². The monoisotopic (exact) mass is 310 g/mol. The fraction of sp³-hybridized carbons (Fsp3) is 0.556. The van der Waals surface area contributed by atoms with Gasteiger partial charge in [-0.05, 0) is 39.7 Å². The smallest absolute Gasteiger partial charge is 0.0317 e. The van der Waals surface area contributed by atoms with Gasteiger partial charge in [-0.3, -0.25) is 0 Å². The Kier molecular flexibility index (Phi) is 4.27. The van der Waals surface area contributed by atoms with Crippen molar-refractivity contribution in [2.75, 3.05) is 0 Å². The normalized spacial score (nSPS) is 16.0. The standard InChI is InChI=1S/C9H12Br2S/c1-6(5-7(2)10)9-8(11)3-4-12-9/h3-4,6-7H,5H2,1-2H3. The Labute approximate surface area is 94.6 Å². The minimum atomic E-state index is 0.599. The molecule has 1 aromatic rings. The van der Waals surface area contributed by atoms with Crippen molar-refractivity contribution >= 4 is 43.2 Å². The van der Waals surface area contributed by atoms with E-state index >= 15 is 0 Å². The molecular formula is C9H12Br2S. The number of hydrogen-bond acceptors (Lipinski definition) is 1. The van der Waals surface area contributed by atoms with Gasteiger partial charge in [0.2, 0.25) is 0 Å². The molecule has 1 aromatic heterocycles. The lowest BCUT2D eigenvalue weighted by Gasteiger charge is -2.11. The number of rotatable bonds is 3. The SMILES string of the molecule is CC(Br)CC(C)c1sccc1Br. The molecule has 0 nitrogen and oxygen atoms in total. The van der Waals surface area contributed by atoms with Gasteiger partial charge in [0.1, 0.15) is 0 Å². The third-order valence-corrected chi connectivity index (χ3v) is 4.25. The zero-order valence-electron chi connectivity index (χ0n) is 7.18. The Hall–Kier alpha value is 0.660. The van der Waals surface area contributed by atoms with Gasteiger partial charge < -0.3 is 0 Å². The fourth-order valence-electron chi connectivity index (χ4n) is 1.25. The van der Waals surface area contributed by atoms with Gasteiger partial charge in [0.25, 0.3) is 0 Å². The number of alkyl halides is 1. The predicted molar refractivity (Wildman–Crippen MR) is 63.4 cm³/mol. The number of thiophene rings is 1. The van der Waals surface area contributed by atoms with Crippen molar-refractivity contribution in [3.05, 3.63) is 20.8 Å². The maximum atomic E-state index is 3.57. The Morgan fingerprint density at radius 2 is 2.17 bits per heavy atom. The lowest BCUT2D eigenvalue weighted by Crippen LogP contribution is -1.98. The average molecular weight is 312 g/mol. The highest BCUT2D eigenvalue weighted by Crippen LogP contribution is 2.33. The molecule has 0 aliphatic heterocycles. The molecule has 1 heterocycles. The van der Waals surface area contributed by atoms with Crippen LogP contribution < -0.4 is 0 Å². The second-order valence-corrected chi connectivity index (χ2v) is 6.42. The van der Waals surface area contributed by atoms with Crippen molar-refractivity contribution in [3.63, 3.8) is 0 Å². The van der Waals surface area contributed by atoms with Crippen LogP contribution in [-0.2, 0) is 0 Å². The summed E-state index contributed by atoms with van der Waals surface area (Å²) < 4.78 is 1.26. The predicted octanol–water partition coefficient (Wildman–Crippen LogP) is 4.79. The van der Waals surface area contributed by atoms with E-state index in [4.69, 9.17) is 0 Å². The third-order valence-electron chi connectivity index (χ3n) is 1.77. The summed E-state index contributed by atoms with van der Waals surface area (Å²) in [5, 5.41) is 2.13. The van der Waals surface area contributed by atoms with Gasteiger partial charge in [0, 0.05) is 14.2 Å². The first kappa shape index (κ1) is 10.7. The van der Waals surface area contributed by atoms with E-state index in [9.17, 15) is 0 Å². The van der Waals surface area contributed by atoms with Gasteiger partial charge in [-0.1, -0.05) is 29.8 Å². The zero-order chi connectivity index (χ0) is 9.14. The summed E-state index contributed by atoms with van der Waals surface area (Å²) in [5.74, 6) is 0.647. The first-order valence-electron chi connectivity index (χ1n) is 3.98. The number of hydrogen-bond donors (Lipinski definition) is 0. The van der Waals surface area contributed by atoms with Crippen LogP contribution >= 0.6 is 43.2 Å². The van der Waals surface area contributed by atoms with Crippen LogP contribution in [0.3, 0.4) is 0 Å². The first-order valence-corrected chi connectivity index (χ1v) is 6.57. The van der Waals surface area contributed by atoms with E-state index in [0.717, 1.165) is 0 Å². The largest absolute Gasteiger partial charge is 0.147 e. The molecule has 0 aromatic carbocycles. The molecule has 0 saturated heterocycles. The minimum absolute atomic E-state index is 0.599. The van der Waals surface area contributed by atoms with E-state index in [1.807, 2.05) is 11.3 Å². The summed E-state index contributed by atoms with van der Waals surface area (Å²) in [6.07, 6.45) is 1.19. The molecule has 0 radical (unpaired) electrons. The molecule has 0 aliphatic carbocycles. The van der Waals surface area contributed by atoms with Crippen LogP contribution in [0.25, 0.3) is 0 Å². The second-order valence-electron chi connectivity index (χ2n) is 3.05. The highest BCUT2D eigenvalue weighted by Gasteiger charge is 2.12. The molecule has 1 rings (SSSR count). The van der Waals surface area contributed by atoms with E-state index < -0.39 is 0 Å². The number of halogens is 2. The molecule has 0 fully saturated rings. The Morgan fingerprint density at radius 1 is 1.50 bits per heavy atom. The molecule has 2 atom stereocenters. The summed E-state index contributed by atoms with van der Waals surface area (Å²) >= 11 is 8.96. The van der Waals surface area contributed by atoms with Gasteiger partial charge in [-0.25, -0.2) is 0 Å². The molecular weight excluding hydrogens is 300 g/mol. The molecule has 0 bridgehead atoms. The maximum absolute atomic E-state index is 3.57. The van der Waals surface area contributed by atoms with E-state index in [0.29, 0.717) is 10.7 Å². The van der Waals surface area contributed by atoms with Crippen molar-refractivity contribution in [3.8, 4) is 0 Å². The average Bonchev–Trinajstić information content (AvgIpc) is 2.33. The second kappa shape index (κ2) is 4.77. The molecule has 12 heavy (non-hydrogen) atoms. The van der Waals surface area contributed by atoms with Crippen LogP contribution in [-0.4, -0.2) is 4.83 Å². The van der Waals surface area contributed by atoms with Crippen LogP contribution in [0.5, 0.6) is 0 Å². The third kappa shape index (κ3) is 2.86. The molecule has 0 amide bonds. The van der Waals surface area contributed by atoms with Crippen LogP contribution in [0.4, 0.5) is 0 Å². The Balaban J connectivity index is 2.65. The lowest BCUT2D eigenvalue weighted by molar-refractivity contribution is 0.691. The molecule has 0 N–H and O–H groups in total. The fourth-order valence-corrected chi connectivity index (χ4v) is 3.65. The van der Waals surface area contributed by atoms with Crippen molar-refractivity contribution in [2.24, 2.45) is 0 Å². The first-order chi connectivity index (χ1) is 5.61. The van der Waals surface area contributed by atoms with Crippen LogP contribution in [0, 0.1) is 0 Å². The zero-order valence-corrected chi connectivity index (χ0v) is 11.2. The van der Waals surface area contributed by atoms with Gasteiger partial charge >= 0.3 is 0 Å². The Morgan fingerprint density at radius 3 is 2.58 bits per heavy atom. The van der Waals surface area contributed by atoms with Gasteiger partial charge in [-0.2, -0.15) is 0 Å². The van der Waals surface area contributed by atoms with Crippen LogP contribution in [0.2, 0.25) is 0 Å². The van der Waals surface area contributed by atoms with E-state index in [1.165, 1.54) is 15.8 Å². The molecule has 0 saturated carbocycles. The summed E-state index contributed by atoms with van der Waals surface area (Å²) in [7, 11) is 0. The van der Waals surface area contributed by atoms with E-state index in [-0.39, 0.29) is 0 Å². The highest BCUT2D eigenvalue weighted by atomic mass is 79.9. The summed E-state index contributed by atoms with van der Waals surface area (Å²) in [4.78, 5) is 2.06. The van der Waals surface area contributed by atoms with Crippen molar-refractivity contribution in [1.82, 2.24) is 0 Å². The molecule has 0 spiro atoms. The van der Waals surface area contributed by atoms with Crippen molar-refractivity contribution < 1.29 is 0 Å². The van der Waals surface area contributed by atoms with E-state index in [1.54, 1.807) is 0 Å². The molecule has 3 heteroatoms. The van der Waals surface area contributed by atoms with Crippen molar-refractivity contribution in [2.45, 2.75) is 31.0 Å². The highest BCUT2D eigenvalue weighted by molar-refractivity contribution is 9.10. The summed E-state index contributed by atoms with van der Waals surface area (Å²) in [5.41, 5.74) is 0. The van der Waals surface area contributed by atoms with Crippen LogP contribution in [0.15, 0.2) is 15.9 Å². The summed E-state index contributed by atoms with van der Waals surface area (Å²) in [6, 6.07) is 2.12. The van der Waals surface area contributed by atoms with E-state index in [2.05, 4.69) is 57.2 Å². The molecule has 68 valence electrons. The quantitative estimate of drug-likeness (QED) is 0.704. The maximum Gasteiger partial charge on any atom is 0.0317 e. The van der Waals surface area contributed by atoms with Gasteiger partial charge in [-0.15, -0.1) is 11.3 Å². The van der Waals surface area contributed by atoms with Crippen LogP contribution in [0.1, 0.15) is 31.1 Å². The topological polar surface area (TPSA) is 0 Å². The molecule has 0 aliphatic rings. The minimum Gasteiger partial charge on any atom is -0.147 e.